The van der Waals surface area contributed by atoms with Gasteiger partial charge in [-0.3, -0.25) is 9.52 Å². The third-order valence-electron chi connectivity index (χ3n) is 2.21. The lowest BCUT2D eigenvalue weighted by Gasteiger charge is -2.04. The molecular formula is C11H9FN2O3S2. The summed E-state index contributed by atoms with van der Waals surface area (Å²) >= 11 is 1.01. The van der Waals surface area contributed by atoms with Crippen molar-refractivity contribution >= 4 is 32.3 Å². The number of nitrogens with zero attached hydrogens (tertiary/aromatic N) is 1. The molecule has 5 nitrogen and oxygen atoms in total. The van der Waals surface area contributed by atoms with Gasteiger partial charge in [0, 0.05) is 12.3 Å². The van der Waals surface area contributed by atoms with E-state index in [1.165, 1.54) is 12.3 Å². The van der Waals surface area contributed by atoms with Gasteiger partial charge in [0.25, 0.3) is 10.0 Å². The highest BCUT2D eigenvalue weighted by Crippen LogP contribution is 2.20. The van der Waals surface area contributed by atoms with Crippen LogP contribution in [0.3, 0.4) is 0 Å². The van der Waals surface area contributed by atoms with Crippen LogP contribution in [0.4, 0.5) is 9.52 Å². The Balaban J connectivity index is 2.25. The maximum absolute atomic E-state index is 12.7. The maximum Gasteiger partial charge on any atom is 0.263 e. The number of carbonyl (C=O) groups is 1. The molecule has 0 aliphatic heterocycles. The number of benzene rings is 1. The van der Waals surface area contributed by atoms with Gasteiger partial charge in [0.05, 0.1) is 4.90 Å². The predicted molar refractivity (Wildman–Crippen MR) is 69.3 cm³/mol. The van der Waals surface area contributed by atoms with Gasteiger partial charge in [0.15, 0.2) is 10.9 Å². The van der Waals surface area contributed by atoms with E-state index in [1.807, 2.05) is 0 Å². The Morgan fingerprint density at radius 3 is 2.47 bits per heavy atom. The number of hydrogen-bond donors (Lipinski definition) is 1. The topological polar surface area (TPSA) is 76.1 Å². The van der Waals surface area contributed by atoms with Crippen molar-refractivity contribution in [2.24, 2.45) is 0 Å². The van der Waals surface area contributed by atoms with Crippen molar-refractivity contribution in [3.63, 3.8) is 0 Å². The highest BCUT2D eigenvalue weighted by atomic mass is 32.2. The molecule has 8 heteroatoms. The number of aromatic nitrogens is 1. The predicted octanol–water partition coefficient (Wildman–Crippen LogP) is 2.29. The van der Waals surface area contributed by atoms with Crippen LogP contribution in [0.15, 0.2) is 34.5 Å². The third-order valence-corrected chi connectivity index (χ3v) is 4.45. The van der Waals surface area contributed by atoms with Gasteiger partial charge in [-0.25, -0.2) is 17.8 Å². The molecule has 100 valence electrons. The molecule has 0 atom stereocenters. The molecule has 2 rings (SSSR count). The lowest BCUT2D eigenvalue weighted by molar-refractivity contribution is 0.101. The smallest absolute Gasteiger partial charge is 0.263 e. The largest absolute Gasteiger partial charge is 0.293 e. The molecule has 0 aliphatic carbocycles. The molecule has 0 bridgehead atoms. The third kappa shape index (κ3) is 3.15. The van der Waals surface area contributed by atoms with Crippen molar-refractivity contribution < 1.29 is 17.6 Å². The molecule has 2 aromatic rings. The van der Waals surface area contributed by atoms with Crippen molar-refractivity contribution in [1.29, 1.82) is 0 Å². The maximum atomic E-state index is 12.7. The summed E-state index contributed by atoms with van der Waals surface area (Å²) in [6.07, 6.45) is 0. The fourth-order valence-corrected chi connectivity index (χ4v) is 3.27. The molecule has 0 aliphatic rings. The monoisotopic (exact) mass is 300 g/mol. The Kier molecular flexibility index (Phi) is 3.63. The molecule has 0 amide bonds. The first-order valence-corrected chi connectivity index (χ1v) is 7.49. The number of hydrogen-bond acceptors (Lipinski definition) is 5. The molecule has 1 heterocycles. The lowest BCUT2D eigenvalue weighted by atomic mass is 10.4. The summed E-state index contributed by atoms with van der Waals surface area (Å²) in [5.41, 5.74) is 0.196. The van der Waals surface area contributed by atoms with Crippen LogP contribution in [-0.4, -0.2) is 19.2 Å². The van der Waals surface area contributed by atoms with Crippen LogP contribution in [0.5, 0.6) is 0 Å². The summed E-state index contributed by atoms with van der Waals surface area (Å²) < 4.78 is 38.8. The van der Waals surface area contributed by atoms with Crippen molar-refractivity contribution in [2.45, 2.75) is 11.8 Å². The van der Waals surface area contributed by atoms with Gasteiger partial charge in [-0.1, -0.05) is 0 Å². The second-order valence-corrected chi connectivity index (χ2v) is 6.19. The van der Waals surface area contributed by atoms with E-state index in [1.54, 1.807) is 0 Å². The van der Waals surface area contributed by atoms with Gasteiger partial charge in [-0.05, 0) is 24.3 Å². The molecule has 1 N–H and O–H groups in total. The summed E-state index contributed by atoms with van der Waals surface area (Å²) in [5.74, 6) is -0.768. The highest BCUT2D eigenvalue weighted by molar-refractivity contribution is 7.93. The zero-order chi connectivity index (χ0) is 14.0. The summed E-state index contributed by atoms with van der Waals surface area (Å²) in [6, 6.07) is 4.41. The summed E-state index contributed by atoms with van der Waals surface area (Å²) in [7, 11) is -3.82. The standard InChI is InChI=1S/C11H9FN2O3S2/c1-7(15)10-6-18-11(13-10)14-19(16,17)9-4-2-8(12)3-5-9/h2-6H,1H3,(H,13,14). The van der Waals surface area contributed by atoms with Gasteiger partial charge < -0.3 is 0 Å². The van der Waals surface area contributed by atoms with Crippen LogP contribution < -0.4 is 4.72 Å². The number of thiazole rings is 1. The van der Waals surface area contributed by atoms with E-state index in [2.05, 4.69) is 9.71 Å². The average molecular weight is 300 g/mol. The van der Waals surface area contributed by atoms with Gasteiger partial charge in [-0.2, -0.15) is 0 Å². The molecule has 0 fully saturated rings. The number of nitrogens with one attached hydrogen (secondary N) is 1. The van der Waals surface area contributed by atoms with Crippen LogP contribution in [0.25, 0.3) is 0 Å². The van der Waals surface area contributed by atoms with E-state index in [4.69, 9.17) is 0 Å². The number of halogens is 1. The van der Waals surface area contributed by atoms with Gasteiger partial charge in [-0.15, -0.1) is 11.3 Å². The van der Waals surface area contributed by atoms with E-state index in [-0.39, 0.29) is 21.5 Å². The Hall–Kier alpha value is -1.80. The first-order valence-electron chi connectivity index (χ1n) is 5.13. The molecule has 0 saturated heterocycles. The molecule has 0 radical (unpaired) electrons. The van der Waals surface area contributed by atoms with Crippen LogP contribution in [0.2, 0.25) is 0 Å². The average Bonchev–Trinajstić information content (AvgIpc) is 2.77. The van der Waals surface area contributed by atoms with Crippen LogP contribution >= 0.6 is 11.3 Å². The molecule has 0 spiro atoms. The first-order chi connectivity index (χ1) is 8.88. The first kappa shape index (κ1) is 13.6. The van der Waals surface area contributed by atoms with E-state index in [0.717, 1.165) is 35.6 Å². The van der Waals surface area contributed by atoms with Gasteiger partial charge in [0.2, 0.25) is 0 Å². The zero-order valence-corrected chi connectivity index (χ0v) is 11.4. The van der Waals surface area contributed by atoms with E-state index in [0.29, 0.717) is 0 Å². The second-order valence-electron chi connectivity index (χ2n) is 3.65. The van der Waals surface area contributed by atoms with E-state index < -0.39 is 15.8 Å². The normalized spacial score (nSPS) is 11.3. The number of anilines is 1. The van der Waals surface area contributed by atoms with Crippen molar-refractivity contribution in [3.8, 4) is 0 Å². The fourth-order valence-electron chi connectivity index (χ4n) is 1.27. The van der Waals surface area contributed by atoms with Crippen LogP contribution in [-0.2, 0) is 10.0 Å². The number of rotatable bonds is 4. The van der Waals surface area contributed by atoms with Gasteiger partial charge >= 0.3 is 0 Å². The molecule has 0 saturated carbocycles. The van der Waals surface area contributed by atoms with Gasteiger partial charge in [0.1, 0.15) is 11.5 Å². The minimum absolute atomic E-state index is 0.0755. The number of sulfonamides is 1. The Bertz CT molecular complexity index is 708. The lowest BCUT2D eigenvalue weighted by Crippen LogP contribution is -2.13. The summed E-state index contributed by atoms with van der Waals surface area (Å²) in [4.78, 5) is 14.8. The Labute approximate surface area is 113 Å². The van der Waals surface area contributed by atoms with Crippen LogP contribution in [0.1, 0.15) is 17.4 Å². The Morgan fingerprint density at radius 2 is 1.95 bits per heavy atom. The highest BCUT2D eigenvalue weighted by Gasteiger charge is 2.16. The number of carbonyl (C=O) groups excluding carboxylic acids is 1. The minimum Gasteiger partial charge on any atom is -0.293 e. The molecule has 19 heavy (non-hydrogen) atoms. The number of Topliss-reactive ketones (excluding diaryl/α,β-unsaturated/α-hetero) is 1. The zero-order valence-electron chi connectivity index (χ0n) is 9.75. The molecular weight excluding hydrogens is 291 g/mol. The fraction of sp³-hybridized carbons (Fsp3) is 0.0909. The van der Waals surface area contributed by atoms with Crippen molar-refractivity contribution in [3.05, 3.63) is 41.2 Å². The molecule has 1 aromatic heterocycles. The van der Waals surface area contributed by atoms with Crippen LogP contribution in [0, 0.1) is 5.82 Å². The summed E-state index contributed by atoms with van der Waals surface area (Å²) in [6.45, 7) is 1.34. The van der Waals surface area contributed by atoms with E-state index >= 15 is 0 Å². The number of ketones is 1. The SMILES string of the molecule is CC(=O)c1csc(NS(=O)(=O)c2ccc(F)cc2)n1. The molecule has 0 unspecified atom stereocenters. The van der Waals surface area contributed by atoms with Crippen molar-refractivity contribution in [1.82, 2.24) is 4.98 Å². The Morgan fingerprint density at radius 1 is 1.32 bits per heavy atom. The summed E-state index contributed by atoms with van der Waals surface area (Å²) in [5, 5.41) is 1.56. The quantitative estimate of drug-likeness (QED) is 0.879. The van der Waals surface area contributed by atoms with E-state index in [9.17, 15) is 17.6 Å². The second kappa shape index (κ2) is 5.06. The minimum atomic E-state index is -3.82. The molecule has 1 aromatic carbocycles. The van der Waals surface area contributed by atoms with Crippen molar-refractivity contribution in [2.75, 3.05) is 4.72 Å².